The summed E-state index contributed by atoms with van der Waals surface area (Å²) in [5.41, 5.74) is -3.37. The first-order valence-corrected chi connectivity index (χ1v) is 11.5. The van der Waals surface area contributed by atoms with Crippen molar-refractivity contribution in [2.75, 3.05) is 4.90 Å². The van der Waals surface area contributed by atoms with E-state index in [0.29, 0.717) is 22.5 Å². The summed E-state index contributed by atoms with van der Waals surface area (Å²) in [6.07, 6.45) is -11.7. The van der Waals surface area contributed by atoms with E-state index in [4.69, 9.17) is 11.6 Å². The van der Waals surface area contributed by atoms with Crippen molar-refractivity contribution in [2.24, 2.45) is 0 Å². The van der Waals surface area contributed by atoms with Gasteiger partial charge in [0.15, 0.2) is 0 Å². The summed E-state index contributed by atoms with van der Waals surface area (Å²) in [5, 5.41) is 12.2. The zero-order chi connectivity index (χ0) is 25.1. The lowest BCUT2D eigenvalue weighted by Crippen LogP contribution is -2.54. The largest absolute Gasteiger partial charge is 0.430 e. The molecule has 0 saturated carbocycles. The van der Waals surface area contributed by atoms with Crippen molar-refractivity contribution in [2.45, 2.75) is 49.8 Å². The van der Waals surface area contributed by atoms with Crippen LogP contribution in [0.2, 0.25) is 5.02 Å². The zero-order valence-corrected chi connectivity index (χ0v) is 19.4. The van der Waals surface area contributed by atoms with Crippen LogP contribution < -0.4 is 4.90 Å². The summed E-state index contributed by atoms with van der Waals surface area (Å²) in [7, 11) is 0. The molecule has 3 nitrogen and oxygen atoms in total. The van der Waals surface area contributed by atoms with Gasteiger partial charge in [0.1, 0.15) is 5.54 Å². The fourth-order valence-corrected chi connectivity index (χ4v) is 5.53. The summed E-state index contributed by atoms with van der Waals surface area (Å²) in [6, 6.07) is 9.44. The fourth-order valence-electron chi connectivity index (χ4n) is 4.68. The smallest absolute Gasteiger partial charge is 0.369 e. The Hall–Kier alpha value is -2.30. The minimum absolute atomic E-state index is 0.176. The van der Waals surface area contributed by atoms with Gasteiger partial charge in [-0.15, -0.1) is 11.3 Å². The first-order valence-electron chi connectivity index (χ1n) is 10.1. The number of benzene rings is 2. The van der Waals surface area contributed by atoms with Gasteiger partial charge in [-0.25, -0.2) is 4.98 Å². The molecule has 0 fully saturated rings. The number of rotatable bonds is 4. The molecule has 0 spiro atoms. The van der Waals surface area contributed by atoms with Gasteiger partial charge in [-0.05, 0) is 49.6 Å². The van der Waals surface area contributed by atoms with Crippen LogP contribution in [-0.4, -0.2) is 28.5 Å². The molecule has 1 N–H and O–H groups in total. The summed E-state index contributed by atoms with van der Waals surface area (Å²) in [4.78, 5) is 6.39. The first kappa shape index (κ1) is 24.8. The average molecular weight is 521 g/mol. The summed E-state index contributed by atoms with van der Waals surface area (Å²) >= 11 is 7.60. The number of anilines is 1. The van der Waals surface area contributed by atoms with Gasteiger partial charge in [-0.3, -0.25) is 0 Å². The van der Waals surface area contributed by atoms with Crippen LogP contribution in [0, 0.1) is 0 Å². The number of aliphatic hydroxyl groups is 1. The van der Waals surface area contributed by atoms with E-state index in [1.54, 1.807) is 23.7 Å². The van der Waals surface area contributed by atoms with Crippen molar-refractivity contribution in [1.29, 1.82) is 0 Å². The molecule has 1 aliphatic heterocycles. The number of nitrogens with zero attached hydrogens (tertiary/aromatic N) is 2. The highest BCUT2D eigenvalue weighted by molar-refractivity contribution is 7.07. The Morgan fingerprint density at radius 1 is 1.03 bits per heavy atom. The van der Waals surface area contributed by atoms with Crippen LogP contribution >= 0.6 is 22.9 Å². The van der Waals surface area contributed by atoms with E-state index >= 15 is 0 Å². The third-order valence-corrected chi connectivity index (χ3v) is 7.15. The van der Waals surface area contributed by atoms with Crippen molar-refractivity contribution < 1.29 is 31.4 Å². The predicted molar refractivity (Wildman–Crippen MR) is 118 cm³/mol. The van der Waals surface area contributed by atoms with E-state index in [2.05, 4.69) is 4.98 Å². The highest BCUT2D eigenvalue weighted by atomic mass is 35.5. The second-order valence-corrected chi connectivity index (χ2v) is 9.58. The molecule has 0 aliphatic carbocycles. The van der Waals surface area contributed by atoms with Gasteiger partial charge < -0.3 is 10.0 Å². The molecule has 3 aromatic rings. The Balaban J connectivity index is 1.89. The maximum atomic E-state index is 13.4. The van der Waals surface area contributed by atoms with Crippen LogP contribution in [0.15, 0.2) is 53.4 Å². The SMILES string of the molecule is CC1Cc2cc(C(O)(C(F)(F)F)C(F)(F)F)ccc2N1C(C)(c1cccc(Cl)c1)c1cscn1. The number of fused-ring (bicyclic) bond motifs is 1. The minimum Gasteiger partial charge on any atom is -0.369 e. The van der Waals surface area contributed by atoms with Crippen LogP contribution in [0.4, 0.5) is 32.0 Å². The molecule has 0 saturated heterocycles. The van der Waals surface area contributed by atoms with E-state index < -0.39 is 29.1 Å². The molecule has 1 aliphatic rings. The standard InChI is InChI=1S/C23H19ClF6N2OS/c1-13-8-14-9-16(21(33,22(25,26)27)23(28,29)30)6-7-18(14)32(13)20(2,19-11-34-12-31-19)15-4-3-5-17(24)10-15/h3-7,9-13,33H,8H2,1-2H3. The van der Waals surface area contributed by atoms with E-state index in [0.717, 1.165) is 11.6 Å². The molecule has 0 amide bonds. The topological polar surface area (TPSA) is 36.4 Å². The summed E-state index contributed by atoms with van der Waals surface area (Å²) in [6.45, 7) is 3.71. The van der Waals surface area contributed by atoms with Crippen LogP contribution in [0.1, 0.15) is 36.2 Å². The van der Waals surface area contributed by atoms with Crippen LogP contribution in [0.3, 0.4) is 0 Å². The van der Waals surface area contributed by atoms with E-state index in [9.17, 15) is 31.4 Å². The number of aromatic nitrogens is 1. The van der Waals surface area contributed by atoms with Gasteiger partial charge in [0, 0.05) is 27.7 Å². The van der Waals surface area contributed by atoms with E-state index in [1.165, 1.54) is 17.4 Å². The Bertz CT molecular complexity index is 1180. The normalized spacial score (nSPS) is 18.6. The lowest BCUT2D eigenvalue weighted by molar-refractivity contribution is -0.376. The quantitative estimate of drug-likeness (QED) is 0.383. The molecule has 182 valence electrons. The maximum absolute atomic E-state index is 13.4. The van der Waals surface area contributed by atoms with Crippen molar-refractivity contribution in [3.05, 3.63) is 80.8 Å². The van der Waals surface area contributed by atoms with Crippen molar-refractivity contribution >= 4 is 28.6 Å². The minimum atomic E-state index is -5.95. The van der Waals surface area contributed by atoms with Gasteiger partial charge in [0.25, 0.3) is 5.60 Å². The fraction of sp³-hybridized carbons (Fsp3) is 0.348. The number of thiazole rings is 1. The van der Waals surface area contributed by atoms with Gasteiger partial charge in [-0.2, -0.15) is 26.3 Å². The van der Waals surface area contributed by atoms with Crippen molar-refractivity contribution in [1.82, 2.24) is 4.98 Å². The third-order valence-electron chi connectivity index (χ3n) is 6.33. The number of halogens is 7. The van der Waals surface area contributed by atoms with Gasteiger partial charge in [-0.1, -0.05) is 35.9 Å². The predicted octanol–water partition coefficient (Wildman–Crippen LogP) is 6.82. The number of alkyl halides is 6. The zero-order valence-electron chi connectivity index (χ0n) is 17.9. The molecule has 4 rings (SSSR count). The molecule has 0 bridgehead atoms. The molecular weight excluding hydrogens is 502 g/mol. The lowest BCUT2D eigenvalue weighted by atomic mass is 9.86. The Labute approximate surface area is 200 Å². The Kier molecular flexibility index (Phi) is 5.94. The maximum Gasteiger partial charge on any atom is 0.430 e. The Morgan fingerprint density at radius 3 is 2.26 bits per heavy atom. The number of hydrogen-bond donors (Lipinski definition) is 1. The van der Waals surface area contributed by atoms with Crippen molar-refractivity contribution in [3.63, 3.8) is 0 Å². The van der Waals surface area contributed by atoms with Gasteiger partial charge in [0.2, 0.25) is 0 Å². The van der Waals surface area contributed by atoms with Crippen LogP contribution in [-0.2, 0) is 17.6 Å². The van der Waals surface area contributed by atoms with Crippen molar-refractivity contribution in [3.8, 4) is 0 Å². The van der Waals surface area contributed by atoms with Crippen LogP contribution in [0.25, 0.3) is 0 Å². The highest BCUT2D eigenvalue weighted by Gasteiger charge is 2.71. The lowest BCUT2D eigenvalue weighted by Gasteiger charge is -2.43. The molecule has 2 heterocycles. The molecule has 34 heavy (non-hydrogen) atoms. The molecule has 2 aromatic carbocycles. The van der Waals surface area contributed by atoms with Gasteiger partial charge >= 0.3 is 12.4 Å². The molecule has 1 aromatic heterocycles. The molecular formula is C23H19ClF6N2OS. The number of hydrogen-bond acceptors (Lipinski definition) is 4. The molecule has 2 atom stereocenters. The molecule has 11 heteroatoms. The average Bonchev–Trinajstić information content (AvgIpc) is 3.38. The second kappa shape index (κ2) is 8.13. The second-order valence-electron chi connectivity index (χ2n) is 8.43. The van der Waals surface area contributed by atoms with Crippen LogP contribution in [0.5, 0.6) is 0 Å². The molecule has 0 radical (unpaired) electrons. The monoisotopic (exact) mass is 520 g/mol. The Morgan fingerprint density at radius 2 is 1.71 bits per heavy atom. The van der Waals surface area contributed by atoms with E-state index in [1.807, 2.05) is 30.2 Å². The third kappa shape index (κ3) is 3.67. The highest BCUT2D eigenvalue weighted by Crippen LogP contribution is 2.52. The molecule has 2 unspecified atom stereocenters. The first-order chi connectivity index (χ1) is 15.7. The summed E-state index contributed by atoms with van der Waals surface area (Å²) in [5.74, 6) is 0. The van der Waals surface area contributed by atoms with Gasteiger partial charge in [0.05, 0.1) is 11.2 Å². The summed E-state index contributed by atoms with van der Waals surface area (Å²) < 4.78 is 80.6. The van der Waals surface area contributed by atoms with E-state index in [-0.39, 0.29) is 18.0 Å².